The molecule has 0 bridgehead atoms. The Balaban J connectivity index is 2.04. The minimum atomic E-state index is 0.200. The van der Waals surface area contributed by atoms with E-state index >= 15 is 0 Å². The molecule has 0 aromatic heterocycles. The van der Waals surface area contributed by atoms with Gasteiger partial charge < -0.3 is 15.5 Å². The van der Waals surface area contributed by atoms with Crippen LogP contribution in [0.1, 0.15) is 24.8 Å². The van der Waals surface area contributed by atoms with Crippen LogP contribution < -0.4 is 10.6 Å². The molecule has 1 aliphatic rings. The van der Waals surface area contributed by atoms with Crippen molar-refractivity contribution in [2.24, 2.45) is 5.73 Å². The molecule has 2 rings (SSSR count). The van der Waals surface area contributed by atoms with Crippen molar-refractivity contribution in [1.29, 1.82) is 0 Å². The van der Waals surface area contributed by atoms with E-state index in [0.29, 0.717) is 19.1 Å². The van der Waals surface area contributed by atoms with E-state index in [1.54, 1.807) is 0 Å². The van der Waals surface area contributed by atoms with Gasteiger partial charge >= 0.3 is 0 Å². The quantitative estimate of drug-likeness (QED) is 0.825. The monoisotopic (exact) mass is 275 g/mol. The van der Waals surface area contributed by atoms with Crippen LogP contribution in [-0.4, -0.2) is 43.5 Å². The fourth-order valence-corrected chi connectivity index (χ4v) is 2.35. The van der Waals surface area contributed by atoms with Crippen molar-refractivity contribution < 1.29 is 4.79 Å². The largest absolute Gasteiger partial charge is 0.362 e. The van der Waals surface area contributed by atoms with Crippen LogP contribution in [0.25, 0.3) is 0 Å². The smallest absolute Gasteiger partial charge is 0.242 e. The van der Waals surface area contributed by atoms with E-state index < -0.39 is 0 Å². The van der Waals surface area contributed by atoms with Gasteiger partial charge in [0.05, 0.1) is 6.54 Å². The summed E-state index contributed by atoms with van der Waals surface area (Å²) in [5.41, 5.74) is 7.93. The zero-order valence-electron chi connectivity index (χ0n) is 12.5. The summed E-state index contributed by atoms with van der Waals surface area (Å²) in [6, 6.07) is 8.77. The number of nitrogens with two attached hydrogens (primary N) is 1. The molecule has 0 atom stereocenters. The van der Waals surface area contributed by atoms with Crippen molar-refractivity contribution in [3.8, 4) is 0 Å². The Bertz CT molecular complexity index is 457. The number of nitrogens with zero attached hydrogens (tertiary/aromatic N) is 2. The molecular weight excluding hydrogens is 250 g/mol. The van der Waals surface area contributed by atoms with E-state index in [2.05, 4.69) is 30.0 Å². The van der Waals surface area contributed by atoms with Crippen molar-refractivity contribution in [2.45, 2.75) is 32.2 Å². The summed E-state index contributed by atoms with van der Waals surface area (Å²) < 4.78 is 0. The fourth-order valence-electron chi connectivity index (χ4n) is 2.35. The summed E-state index contributed by atoms with van der Waals surface area (Å²) in [4.78, 5) is 16.3. The van der Waals surface area contributed by atoms with Gasteiger partial charge in [-0.05, 0) is 50.4 Å². The summed E-state index contributed by atoms with van der Waals surface area (Å²) in [6.07, 6.45) is 3.19. The zero-order valence-corrected chi connectivity index (χ0v) is 12.5. The number of rotatable bonds is 7. The highest BCUT2D eigenvalue weighted by atomic mass is 16.2. The Morgan fingerprint density at radius 2 is 2.15 bits per heavy atom. The number of hydrogen-bond donors (Lipinski definition) is 1. The Morgan fingerprint density at radius 3 is 2.75 bits per heavy atom. The van der Waals surface area contributed by atoms with Crippen LogP contribution in [0.2, 0.25) is 0 Å². The molecule has 0 aliphatic heterocycles. The Hall–Kier alpha value is -1.55. The van der Waals surface area contributed by atoms with Gasteiger partial charge in [-0.2, -0.15) is 0 Å². The van der Waals surface area contributed by atoms with Crippen LogP contribution in [-0.2, 0) is 4.79 Å². The molecule has 0 radical (unpaired) electrons. The van der Waals surface area contributed by atoms with Crippen LogP contribution in [0.15, 0.2) is 24.3 Å². The molecule has 2 N–H and O–H groups in total. The highest BCUT2D eigenvalue weighted by Crippen LogP contribution is 2.26. The van der Waals surface area contributed by atoms with Gasteiger partial charge in [0.15, 0.2) is 0 Å². The predicted octanol–water partition coefficient (Wildman–Crippen LogP) is 1.77. The normalized spacial score (nSPS) is 14.2. The van der Waals surface area contributed by atoms with Crippen molar-refractivity contribution >= 4 is 11.6 Å². The van der Waals surface area contributed by atoms with Gasteiger partial charge in [0.25, 0.3) is 0 Å². The maximum absolute atomic E-state index is 12.3. The van der Waals surface area contributed by atoms with Crippen molar-refractivity contribution in [1.82, 2.24) is 4.90 Å². The first-order valence-corrected chi connectivity index (χ1v) is 7.39. The van der Waals surface area contributed by atoms with E-state index in [0.717, 1.165) is 31.5 Å². The van der Waals surface area contributed by atoms with Crippen LogP contribution >= 0.6 is 0 Å². The molecule has 4 nitrogen and oxygen atoms in total. The molecule has 1 aromatic rings. The minimum absolute atomic E-state index is 0.200. The average Bonchev–Trinajstić information content (AvgIpc) is 3.26. The second-order valence-electron chi connectivity index (χ2n) is 5.64. The third kappa shape index (κ3) is 3.97. The van der Waals surface area contributed by atoms with E-state index in [4.69, 9.17) is 5.73 Å². The molecule has 1 fully saturated rings. The molecule has 1 aliphatic carbocycles. The summed E-state index contributed by atoms with van der Waals surface area (Å²) >= 11 is 0. The summed E-state index contributed by atoms with van der Waals surface area (Å²) in [5.74, 6) is 0.200. The Labute approximate surface area is 121 Å². The maximum Gasteiger partial charge on any atom is 0.242 e. The molecule has 20 heavy (non-hydrogen) atoms. The predicted molar refractivity (Wildman–Crippen MR) is 82.9 cm³/mol. The van der Waals surface area contributed by atoms with Crippen molar-refractivity contribution in [3.63, 3.8) is 0 Å². The van der Waals surface area contributed by atoms with Gasteiger partial charge in [0, 0.05) is 25.3 Å². The molecule has 0 saturated heterocycles. The maximum atomic E-state index is 12.3. The lowest BCUT2D eigenvalue weighted by Gasteiger charge is -2.27. The number of amides is 1. The second-order valence-corrected chi connectivity index (χ2v) is 5.64. The Morgan fingerprint density at radius 1 is 1.40 bits per heavy atom. The lowest BCUT2D eigenvalue weighted by atomic mass is 10.2. The number of carbonyl (C=O) groups is 1. The van der Waals surface area contributed by atoms with Gasteiger partial charge in [0.2, 0.25) is 5.91 Å². The molecule has 0 heterocycles. The number of carbonyl (C=O) groups excluding carboxylic acids is 1. The number of likely N-dealkylation sites (N-methyl/N-ethyl adjacent to an activating group) is 1. The van der Waals surface area contributed by atoms with E-state index in [1.807, 2.05) is 18.0 Å². The number of anilines is 1. The van der Waals surface area contributed by atoms with Crippen molar-refractivity contribution in [3.05, 3.63) is 29.8 Å². The minimum Gasteiger partial charge on any atom is -0.362 e. The highest BCUT2D eigenvalue weighted by molar-refractivity contribution is 5.81. The lowest BCUT2D eigenvalue weighted by molar-refractivity contribution is -0.128. The molecule has 110 valence electrons. The van der Waals surface area contributed by atoms with Gasteiger partial charge in [0.1, 0.15) is 0 Å². The third-order valence-corrected chi connectivity index (χ3v) is 3.81. The molecule has 1 aromatic carbocycles. The van der Waals surface area contributed by atoms with Gasteiger partial charge in [-0.15, -0.1) is 0 Å². The van der Waals surface area contributed by atoms with Crippen LogP contribution in [0.3, 0.4) is 0 Å². The van der Waals surface area contributed by atoms with E-state index in [-0.39, 0.29) is 5.91 Å². The SMILES string of the molecule is Cc1cccc(N(CCCN)CC(=O)N(C)C2CC2)c1. The molecule has 1 amide bonds. The first kappa shape index (κ1) is 14.9. The van der Waals surface area contributed by atoms with Crippen LogP contribution in [0, 0.1) is 6.92 Å². The van der Waals surface area contributed by atoms with Crippen molar-refractivity contribution in [2.75, 3.05) is 31.6 Å². The van der Waals surface area contributed by atoms with Crippen LogP contribution in [0.4, 0.5) is 5.69 Å². The first-order chi connectivity index (χ1) is 9.61. The summed E-state index contributed by atoms with van der Waals surface area (Å²) in [7, 11) is 1.91. The highest BCUT2D eigenvalue weighted by Gasteiger charge is 2.30. The summed E-state index contributed by atoms with van der Waals surface area (Å²) in [6.45, 7) is 3.98. The Kier molecular flexibility index (Phi) is 5.01. The zero-order chi connectivity index (χ0) is 14.5. The first-order valence-electron chi connectivity index (χ1n) is 7.39. The second kappa shape index (κ2) is 6.75. The van der Waals surface area contributed by atoms with E-state index in [1.165, 1.54) is 5.56 Å². The standard InChI is InChI=1S/C16H25N3O/c1-13-5-3-6-15(11-13)19(10-4-9-17)12-16(20)18(2)14-7-8-14/h3,5-6,11,14H,4,7-10,12,17H2,1-2H3. The average molecular weight is 275 g/mol. The molecular formula is C16H25N3O. The number of hydrogen-bond acceptors (Lipinski definition) is 3. The van der Waals surface area contributed by atoms with Gasteiger partial charge in [-0.1, -0.05) is 12.1 Å². The topological polar surface area (TPSA) is 49.6 Å². The molecule has 1 saturated carbocycles. The molecule has 4 heteroatoms. The van der Waals surface area contributed by atoms with Crippen LogP contribution in [0.5, 0.6) is 0 Å². The third-order valence-electron chi connectivity index (χ3n) is 3.81. The van der Waals surface area contributed by atoms with Gasteiger partial charge in [-0.25, -0.2) is 0 Å². The number of aryl methyl sites for hydroxylation is 1. The molecule has 0 unspecified atom stereocenters. The van der Waals surface area contributed by atoms with E-state index in [9.17, 15) is 4.79 Å². The fraction of sp³-hybridized carbons (Fsp3) is 0.562. The number of benzene rings is 1. The van der Waals surface area contributed by atoms with Gasteiger partial charge in [-0.3, -0.25) is 4.79 Å². The summed E-state index contributed by atoms with van der Waals surface area (Å²) in [5, 5.41) is 0. The molecule has 0 spiro atoms. The lowest BCUT2D eigenvalue weighted by Crippen LogP contribution is -2.40.